The lowest BCUT2D eigenvalue weighted by Gasteiger charge is -2.36. The average molecular weight is 874 g/mol. The van der Waals surface area contributed by atoms with E-state index in [0.29, 0.717) is 16.5 Å². The number of hydrogen-bond donors (Lipinski definition) is 0. The van der Waals surface area contributed by atoms with Crippen LogP contribution in [0.1, 0.15) is 36.2 Å². The zero-order valence-electron chi connectivity index (χ0n) is 32.5. The van der Waals surface area contributed by atoms with Gasteiger partial charge in [-0.2, -0.15) is 21.6 Å². The smallest absolute Gasteiger partial charge is 0.402 e. The lowest BCUT2D eigenvalue weighted by Crippen LogP contribution is -2.78. The molecule has 302 valence electrons. The maximum absolute atomic E-state index is 12.2. The summed E-state index contributed by atoms with van der Waals surface area (Å²) in [6.07, 6.45) is 5.59. The van der Waals surface area contributed by atoms with Gasteiger partial charge in [-0.15, -0.1) is 28.7 Å². The minimum Gasteiger partial charge on any atom is -0.402 e. The van der Waals surface area contributed by atoms with Crippen LogP contribution in [0, 0.1) is 26.2 Å². The van der Waals surface area contributed by atoms with E-state index in [1.165, 1.54) is 51.0 Å². The molecule has 0 atom stereocenters. The molecule has 1 aliphatic heterocycles. The van der Waals surface area contributed by atoms with Crippen molar-refractivity contribution in [2.24, 2.45) is 0 Å². The minimum absolute atomic E-state index is 0.356. The van der Waals surface area contributed by atoms with Crippen LogP contribution in [0.4, 0.5) is 13.2 Å². The molecule has 0 spiro atoms. The Balaban J connectivity index is 0.000000208. The van der Waals surface area contributed by atoms with Gasteiger partial charge in [0, 0.05) is 29.0 Å². The van der Waals surface area contributed by atoms with E-state index in [1.807, 2.05) is 0 Å². The van der Waals surface area contributed by atoms with E-state index in [9.17, 15) is 21.6 Å². The maximum Gasteiger partial charge on any atom is 0.534 e. The fourth-order valence-corrected chi connectivity index (χ4v) is 7.68. The second-order valence-electron chi connectivity index (χ2n) is 13.6. The number of aromatic nitrogens is 2. The number of hydrogen-bond acceptors (Lipinski definition) is 4. The SMILES string of the molecule is C#CC.CC(Cl)(Cl)Cl.Cc1cc(OS(=O)(=O)C(F)(F)F)nc2ccccc12.Cc1cc2[n+](c3ccccc13)[B-](c1ccccc1)(c1ccccc1)C(c1ccccc1)=C2. The predicted molar refractivity (Wildman–Crippen MR) is 239 cm³/mol. The van der Waals surface area contributed by atoms with Crippen LogP contribution < -0.4 is 19.6 Å². The molecule has 13 heteroatoms. The third-order valence-corrected chi connectivity index (χ3v) is 10.4. The summed E-state index contributed by atoms with van der Waals surface area (Å²) in [7, 11) is -5.70. The summed E-state index contributed by atoms with van der Waals surface area (Å²) >= 11 is 15.2. The number of alkyl halides is 6. The number of pyridine rings is 2. The van der Waals surface area contributed by atoms with Gasteiger partial charge >= 0.3 is 21.9 Å². The number of aryl methyl sites for hydroxylation is 2. The first kappa shape index (κ1) is 44.8. The fraction of sp³-hybridized carbons (Fsp3) is 0.130. The Morgan fingerprint density at radius 3 is 1.68 bits per heavy atom. The van der Waals surface area contributed by atoms with Crippen LogP contribution in [0.5, 0.6) is 5.88 Å². The van der Waals surface area contributed by atoms with E-state index in [2.05, 4.69) is 160 Å². The first-order chi connectivity index (χ1) is 27.9. The van der Waals surface area contributed by atoms with Crippen molar-refractivity contribution in [3.63, 3.8) is 0 Å². The standard InChI is InChI=1S/C30H24BN.C11H8F3NO3S.C3H4.C2H3Cl3/c1-23-21-27-22-29(24-13-5-2-6-14-24)31(25-15-7-3-8-16-25,26-17-9-4-10-18-26)32(27)30-20-12-11-19-28(23)30;1-7-6-10(18-19(16,17)11(12,13)14)15-9-5-3-2-4-8(7)9;1-3-2;1-2(3,4)5/h2-22H,1H3;2-6H,1H3;1H,2H3;1H3. The van der Waals surface area contributed by atoms with Crippen molar-refractivity contribution >= 4 is 95.5 Å². The summed E-state index contributed by atoms with van der Waals surface area (Å²) in [4.78, 5) is 3.73. The number of benzene rings is 5. The zero-order chi connectivity index (χ0) is 43.0. The molecular weight excluding hydrogens is 835 g/mol. The highest BCUT2D eigenvalue weighted by Gasteiger charge is 2.50. The highest BCUT2D eigenvalue weighted by Crippen LogP contribution is 2.34. The molecule has 0 aliphatic carbocycles. The Morgan fingerprint density at radius 1 is 0.712 bits per heavy atom. The molecule has 2 aromatic heterocycles. The number of nitrogens with zero attached hydrogens (tertiary/aromatic N) is 2. The third-order valence-electron chi connectivity index (χ3n) is 9.42. The van der Waals surface area contributed by atoms with Crippen LogP contribution >= 0.6 is 34.8 Å². The molecule has 0 bridgehead atoms. The molecule has 0 unspecified atom stereocenters. The monoisotopic (exact) mass is 872 g/mol. The highest BCUT2D eigenvalue weighted by atomic mass is 35.6. The van der Waals surface area contributed by atoms with Gasteiger partial charge < -0.3 is 8.66 Å². The van der Waals surface area contributed by atoms with Gasteiger partial charge in [0.2, 0.25) is 5.88 Å². The van der Waals surface area contributed by atoms with Gasteiger partial charge in [0.1, 0.15) is 0 Å². The molecular formula is C46H39BCl3F3N2O3S. The van der Waals surface area contributed by atoms with Crippen molar-refractivity contribution in [3.05, 3.63) is 174 Å². The lowest BCUT2D eigenvalue weighted by molar-refractivity contribution is -0.509. The maximum atomic E-state index is 12.2. The zero-order valence-corrected chi connectivity index (χ0v) is 35.5. The molecule has 0 N–H and O–H groups in total. The van der Waals surface area contributed by atoms with Crippen molar-refractivity contribution in [2.45, 2.75) is 37.0 Å². The molecule has 0 amide bonds. The van der Waals surface area contributed by atoms with Crippen LogP contribution in [0.3, 0.4) is 0 Å². The van der Waals surface area contributed by atoms with Crippen molar-refractivity contribution in [1.29, 1.82) is 0 Å². The molecule has 0 radical (unpaired) electrons. The van der Waals surface area contributed by atoms with Crippen LogP contribution in [0.15, 0.2) is 152 Å². The largest absolute Gasteiger partial charge is 0.534 e. The number of halogens is 6. The molecule has 5 nitrogen and oxygen atoms in total. The van der Waals surface area contributed by atoms with Crippen molar-refractivity contribution in [3.8, 4) is 18.2 Å². The Hall–Kier alpha value is -5.31. The Bertz CT molecular complexity index is 2700. The lowest BCUT2D eigenvalue weighted by atomic mass is 9.23. The van der Waals surface area contributed by atoms with Gasteiger partial charge in [0.25, 0.3) is 0 Å². The van der Waals surface area contributed by atoms with Gasteiger partial charge in [-0.3, -0.25) is 0 Å². The molecule has 0 fully saturated rings. The van der Waals surface area contributed by atoms with Crippen LogP contribution in [-0.4, -0.2) is 29.0 Å². The normalized spacial score (nSPS) is 12.9. The van der Waals surface area contributed by atoms with Crippen LogP contribution in [0.25, 0.3) is 33.4 Å². The highest BCUT2D eigenvalue weighted by molar-refractivity contribution is 7.88. The van der Waals surface area contributed by atoms with E-state index in [4.69, 9.17) is 34.8 Å². The van der Waals surface area contributed by atoms with E-state index in [1.54, 1.807) is 38.1 Å². The summed E-state index contributed by atoms with van der Waals surface area (Å²) in [6, 6.07) is 51.9. The molecule has 0 saturated heterocycles. The molecule has 8 rings (SSSR count). The van der Waals surface area contributed by atoms with E-state index in [-0.39, 0.29) is 0 Å². The van der Waals surface area contributed by atoms with Crippen LogP contribution in [0.2, 0.25) is 0 Å². The summed E-state index contributed by atoms with van der Waals surface area (Å²) in [5, 5.41) is 2.01. The Labute approximate surface area is 358 Å². The summed E-state index contributed by atoms with van der Waals surface area (Å²) in [5.74, 6) is 1.65. The molecule has 3 heterocycles. The molecule has 7 aromatic rings. The molecule has 59 heavy (non-hydrogen) atoms. The van der Waals surface area contributed by atoms with Gasteiger partial charge in [0.05, 0.1) is 5.52 Å². The van der Waals surface area contributed by atoms with Gasteiger partial charge in [-0.1, -0.05) is 162 Å². The first-order valence-electron chi connectivity index (χ1n) is 18.2. The van der Waals surface area contributed by atoms with E-state index >= 15 is 0 Å². The van der Waals surface area contributed by atoms with Crippen molar-refractivity contribution < 1.29 is 30.3 Å². The summed E-state index contributed by atoms with van der Waals surface area (Å²) in [6.45, 7) is 6.98. The van der Waals surface area contributed by atoms with E-state index in [0.717, 1.165) is 6.07 Å². The van der Waals surface area contributed by atoms with Crippen LogP contribution in [-0.2, 0) is 10.1 Å². The van der Waals surface area contributed by atoms with Gasteiger partial charge in [-0.05, 0) is 57.0 Å². The Kier molecular flexibility index (Phi) is 14.2. The van der Waals surface area contributed by atoms with Gasteiger partial charge in [0.15, 0.2) is 15.0 Å². The average Bonchev–Trinajstić information content (AvgIpc) is 3.54. The number of rotatable bonds is 5. The topological polar surface area (TPSA) is 60.1 Å². The number of fused-ring (bicyclic) bond motifs is 4. The minimum atomic E-state index is -5.70. The fourth-order valence-electron chi connectivity index (χ4n) is 7.28. The molecule has 1 aliphatic rings. The predicted octanol–water partition coefficient (Wildman–Crippen LogP) is 10.9. The summed E-state index contributed by atoms with van der Waals surface area (Å²) in [5.41, 5.74) is 4.57. The third kappa shape index (κ3) is 10.3. The van der Waals surface area contributed by atoms with Crippen molar-refractivity contribution in [2.75, 3.05) is 0 Å². The molecule has 5 aromatic carbocycles. The first-order valence-corrected chi connectivity index (χ1v) is 20.8. The van der Waals surface area contributed by atoms with Crippen molar-refractivity contribution in [1.82, 2.24) is 4.98 Å². The number of terminal acetylenes is 1. The second-order valence-corrected chi connectivity index (χ2v) is 18.0. The quantitative estimate of drug-likeness (QED) is 0.0568. The van der Waals surface area contributed by atoms with E-state index < -0.39 is 31.6 Å². The summed E-state index contributed by atoms with van der Waals surface area (Å²) < 4.78 is 63.9. The Morgan fingerprint density at radius 2 is 1.15 bits per heavy atom. The number of para-hydroxylation sites is 2. The van der Waals surface area contributed by atoms with Gasteiger partial charge in [-0.25, -0.2) is 4.98 Å². The second kappa shape index (κ2) is 18.7. The molecule has 0 saturated carbocycles.